The van der Waals surface area contributed by atoms with Crippen molar-refractivity contribution in [1.29, 1.82) is 0 Å². The fourth-order valence-electron chi connectivity index (χ4n) is 1.90. The highest BCUT2D eigenvalue weighted by Crippen LogP contribution is 2.22. The SMILES string of the molecule is CCC(C)C(N)c1nc(C(=O)NC2CCSC2=O)co1. The van der Waals surface area contributed by atoms with Gasteiger partial charge in [-0.2, -0.15) is 0 Å². The summed E-state index contributed by atoms with van der Waals surface area (Å²) in [5.41, 5.74) is 6.17. The topological polar surface area (TPSA) is 98.2 Å². The van der Waals surface area contributed by atoms with Crippen LogP contribution in [-0.2, 0) is 4.79 Å². The molecule has 3 N–H and O–H groups in total. The van der Waals surface area contributed by atoms with E-state index in [0.29, 0.717) is 12.3 Å². The lowest BCUT2D eigenvalue weighted by Gasteiger charge is -2.13. The number of hydrogen-bond donors (Lipinski definition) is 2. The third-order valence-electron chi connectivity index (χ3n) is 3.54. The number of aromatic nitrogens is 1. The number of hydrogen-bond acceptors (Lipinski definition) is 6. The highest BCUT2D eigenvalue weighted by molar-refractivity contribution is 8.14. The van der Waals surface area contributed by atoms with Gasteiger partial charge in [0.15, 0.2) is 5.69 Å². The van der Waals surface area contributed by atoms with Crippen molar-refractivity contribution in [2.24, 2.45) is 11.7 Å². The molecule has 7 heteroatoms. The molecule has 20 heavy (non-hydrogen) atoms. The van der Waals surface area contributed by atoms with Crippen molar-refractivity contribution in [1.82, 2.24) is 10.3 Å². The van der Waals surface area contributed by atoms with Gasteiger partial charge in [-0.05, 0) is 12.3 Å². The summed E-state index contributed by atoms with van der Waals surface area (Å²) in [4.78, 5) is 27.6. The molecular formula is C13H19N3O3S. The first-order chi connectivity index (χ1) is 9.52. The molecule has 3 unspecified atom stereocenters. The van der Waals surface area contributed by atoms with Gasteiger partial charge < -0.3 is 15.5 Å². The minimum absolute atomic E-state index is 0.00150. The molecule has 3 atom stereocenters. The lowest BCUT2D eigenvalue weighted by Crippen LogP contribution is -2.37. The Labute approximate surface area is 121 Å². The summed E-state index contributed by atoms with van der Waals surface area (Å²) in [6.07, 6.45) is 2.85. The van der Waals surface area contributed by atoms with Crippen LogP contribution >= 0.6 is 11.8 Å². The van der Waals surface area contributed by atoms with Crippen molar-refractivity contribution >= 4 is 22.8 Å². The fourth-order valence-corrected chi connectivity index (χ4v) is 2.83. The molecule has 2 heterocycles. The van der Waals surface area contributed by atoms with E-state index in [4.69, 9.17) is 10.2 Å². The number of nitrogens with zero attached hydrogens (tertiary/aromatic N) is 1. The van der Waals surface area contributed by atoms with Gasteiger partial charge in [0.25, 0.3) is 5.91 Å². The molecule has 6 nitrogen and oxygen atoms in total. The Morgan fingerprint density at radius 3 is 3.05 bits per heavy atom. The minimum Gasteiger partial charge on any atom is -0.446 e. The first-order valence-corrected chi connectivity index (χ1v) is 7.70. The van der Waals surface area contributed by atoms with Crippen molar-refractivity contribution < 1.29 is 14.0 Å². The van der Waals surface area contributed by atoms with E-state index in [0.717, 1.165) is 12.2 Å². The van der Waals surface area contributed by atoms with Gasteiger partial charge in [0, 0.05) is 5.75 Å². The molecule has 1 aromatic rings. The molecule has 0 saturated carbocycles. The smallest absolute Gasteiger partial charge is 0.273 e. The molecule has 1 saturated heterocycles. The third kappa shape index (κ3) is 3.21. The number of carbonyl (C=O) groups excluding carboxylic acids is 2. The van der Waals surface area contributed by atoms with Crippen LogP contribution in [0.4, 0.5) is 0 Å². The Balaban J connectivity index is 2.01. The van der Waals surface area contributed by atoms with E-state index < -0.39 is 11.9 Å². The van der Waals surface area contributed by atoms with Crippen molar-refractivity contribution in [3.63, 3.8) is 0 Å². The van der Waals surface area contributed by atoms with E-state index >= 15 is 0 Å². The number of carbonyl (C=O) groups is 2. The van der Waals surface area contributed by atoms with Gasteiger partial charge in [-0.15, -0.1) is 0 Å². The standard InChI is InChI=1S/C13H19N3O3S/c1-3-7(2)10(14)12-16-9(6-19-12)11(17)15-8-4-5-20-13(8)18/h6-8,10H,3-5,14H2,1-2H3,(H,15,17). The monoisotopic (exact) mass is 297 g/mol. The van der Waals surface area contributed by atoms with Crippen LogP contribution in [0, 0.1) is 5.92 Å². The first kappa shape index (κ1) is 15.1. The van der Waals surface area contributed by atoms with Crippen molar-refractivity contribution in [2.75, 3.05) is 5.75 Å². The number of rotatable bonds is 5. The van der Waals surface area contributed by atoms with Crippen molar-refractivity contribution in [2.45, 2.75) is 38.8 Å². The zero-order valence-electron chi connectivity index (χ0n) is 11.6. The predicted molar refractivity (Wildman–Crippen MR) is 76.2 cm³/mol. The van der Waals surface area contributed by atoms with Crippen molar-refractivity contribution in [3.8, 4) is 0 Å². The van der Waals surface area contributed by atoms with Crippen LogP contribution in [0.15, 0.2) is 10.7 Å². The summed E-state index contributed by atoms with van der Waals surface area (Å²) >= 11 is 1.24. The predicted octanol–water partition coefficient (Wildman–Crippen LogP) is 1.48. The van der Waals surface area contributed by atoms with Gasteiger partial charge in [-0.25, -0.2) is 4.98 Å². The molecule has 1 aromatic heterocycles. The van der Waals surface area contributed by atoms with Crippen LogP contribution in [0.1, 0.15) is 49.1 Å². The Morgan fingerprint density at radius 2 is 2.45 bits per heavy atom. The molecule has 1 amide bonds. The highest BCUT2D eigenvalue weighted by Gasteiger charge is 2.28. The molecule has 1 aliphatic heterocycles. The molecule has 2 rings (SSSR count). The maximum Gasteiger partial charge on any atom is 0.273 e. The average molecular weight is 297 g/mol. The molecule has 0 radical (unpaired) electrons. The van der Waals surface area contributed by atoms with Gasteiger partial charge in [-0.3, -0.25) is 9.59 Å². The molecule has 1 aliphatic rings. The maximum absolute atomic E-state index is 12.0. The third-order valence-corrected chi connectivity index (χ3v) is 4.55. The van der Waals surface area contributed by atoms with Crippen LogP contribution in [-0.4, -0.2) is 27.8 Å². The molecule has 1 fully saturated rings. The molecule has 0 spiro atoms. The van der Waals surface area contributed by atoms with E-state index in [-0.39, 0.29) is 22.8 Å². The van der Waals surface area contributed by atoms with E-state index in [9.17, 15) is 9.59 Å². The first-order valence-electron chi connectivity index (χ1n) is 6.71. The summed E-state index contributed by atoms with van der Waals surface area (Å²) in [7, 11) is 0. The summed E-state index contributed by atoms with van der Waals surface area (Å²) in [5.74, 6) is 0.929. The number of amides is 1. The molecule has 110 valence electrons. The van der Waals surface area contributed by atoms with Gasteiger partial charge in [0.2, 0.25) is 11.0 Å². The lowest BCUT2D eigenvalue weighted by atomic mass is 10.0. The van der Waals surface area contributed by atoms with Crippen LogP contribution in [0.25, 0.3) is 0 Å². The van der Waals surface area contributed by atoms with E-state index in [1.54, 1.807) is 0 Å². The summed E-state index contributed by atoms with van der Waals surface area (Å²) < 4.78 is 5.27. The van der Waals surface area contributed by atoms with Crippen LogP contribution < -0.4 is 11.1 Å². The van der Waals surface area contributed by atoms with E-state index in [1.807, 2.05) is 13.8 Å². The molecular weight excluding hydrogens is 278 g/mol. The molecule has 0 aliphatic carbocycles. The zero-order chi connectivity index (χ0) is 14.7. The number of thioether (sulfide) groups is 1. The van der Waals surface area contributed by atoms with Gasteiger partial charge in [-0.1, -0.05) is 32.0 Å². The van der Waals surface area contributed by atoms with Gasteiger partial charge in [0.05, 0.1) is 12.1 Å². The lowest BCUT2D eigenvalue weighted by molar-refractivity contribution is -0.112. The zero-order valence-corrected chi connectivity index (χ0v) is 12.4. The van der Waals surface area contributed by atoms with Crippen molar-refractivity contribution in [3.05, 3.63) is 17.8 Å². The molecule has 0 aromatic carbocycles. The van der Waals surface area contributed by atoms with Crippen LogP contribution in [0.3, 0.4) is 0 Å². The normalized spacial score (nSPS) is 21.8. The summed E-state index contributed by atoms with van der Waals surface area (Å²) in [6.45, 7) is 4.04. The average Bonchev–Trinajstić information content (AvgIpc) is 3.07. The summed E-state index contributed by atoms with van der Waals surface area (Å²) in [6, 6.07) is -0.749. The fraction of sp³-hybridized carbons (Fsp3) is 0.615. The summed E-state index contributed by atoms with van der Waals surface area (Å²) in [5, 5.41) is 2.67. The quantitative estimate of drug-likeness (QED) is 0.854. The largest absolute Gasteiger partial charge is 0.446 e. The second-order valence-corrected chi connectivity index (χ2v) is 6.06. The Kier molecular flexibility index (Phi) is 4.82. The Morgan fingerprint density at radius 1 is 1.70 bits per heavy atom. The second-order valence-electron chi connectivity index (χ2n) is 4.96. The minimum atomic E-state index is -0.420. The Hall–Kier alpha value is -1.34. The maximum atomic E-state index is 12.0. The van der Waals surface area contributed by atoms with Crippen LogP contribution in [0.5, 0.6) is 0 Å². The van der Waals surface area contributed by atoms with E-state index in [1.165, 1.54) is 18.0 Å². The Bertz CT molecular complexity index is 503. The molecule has 0 bridgehead atoms. The number of nitrogens with two attached hydrogens (primary N) is 1. The van der Waals surface area contributed by atoms with Gasteiger partial charge >= 0.3 is 0 Å². The van der Waals surface area contributed by atoms with Crippen LogP contribution in [0.2, 0.25) is 0 Å². The van der Waals surface area contributed by atoms with E-state index in [2.05, 4.69) is 10.3 Å². The number of oxazole rings is 1. The second kappa shape index (κ2) is 6.41. The van der Waals surface area contributed by atoms with Gasteiger partial charge in [0.1, 0.15) is 6.26 Å². The number of nitrogens with one attached hydrogen (secondary N) is 1. The highest BCUT2D eigenvalue weighted by atomic mass is 32.2.